The van der Waals surface area contributed by atoms with Gasteiger partial charge in [0.05, 0.1) is 20.3 Å². The standard InChI is InChI=1S/C15H16N4O4/c1-22-14(21)15-7-18(5-10(15)6-23-8-15)13(20)11-3-2-4-12-16-9-17-19(11)12/h2-4,9-10H,5-8H2,1H3/t10-,15-/m0/s1. The molecular weight excluding hydrogens is 300 g/mol. The largest absolute Gasteiger partial charge is 0.468 e. The maximum absolute atomic E-state index is 12.9. The average Bonchev–Trinajstić information content (AvgIpc) is 3.25. The van der Waals surface area contributed by atoms with E-state index in [9.17, 15) is 9.59 Å². The van der Waals surface area contributed by atoms with E-state index in [4.69, 9.17) is 9.47 Å². The summed E-state index contributed by atoms with van der Waals surface area (Å²) in [6.07, 6.45) is 1.41. The molecule has 0 N–H and O–H groups in total. The zero-order valence-corrected chi connectivity index (χ0v) is 12.6. The molecular formula is C15H16N4O4. The number of esters is 1. The Morgan fingerprint density at radius 2 is 2.30 bits per heavy atom. The van der Waals surface area contributed by atoms with Gasteiger partial charge in [-0.05, 0) is 12.1 Å². The highest BCUT2D eigenvalue weighted by Gasteiger charge is 2.57. The molecule has 120 valence electrons. The summed E-state index contributed by atoms with van der Waals surface area (Å²) < 4.78 is 11.9. The minimum absolute atomic E-state index is 0.0335. The van der Waals surface area contributed by atoms with Crippen LogP contribution in [0.3, 0.4) is 0 Å². The molecule has 0 bridgehead atoms. The first-order valence-corrected chi connectivity index (χ1v) is 7.40. The number of rotatable bonds is 2. The quantitative estimate of drug-likeness (QED) is 0.725. The maximum atomic E-state index is 12.9. The summed E-state index contributed by atoms with van der Waals surface area (Å²) in [5.41, 5.74) is 0.294. The lowest BCUT2D eigenvalue weighted by Crippen LogP contribution is -2.41. The molecule has 2 atom stereocenters. The van der Waals surface area contributed by atoms with Gasteiger partial charge < -0.3 is 14.4 Å². The number of ether oxygens (including phenoxy) is 2. The molecule has 2 saturated heterocycles. The summed E-state index contributed by atoms with van der Waals surface area (Å²) in [4.78, 5) is 30.9. The SMILES string of the molecule is COC(=O)[C@@]12COC[C@@H]1CN(C(=O)c1cccc3ncnn13)C2. The van der Waals surface area contributed by atoms with Crippen LogP contribution < -0.4 is 0 Å². The van der Waals surface area contributed by atoms with Crippen molar-refractivity contribution in [3.05, 3.63) is 30.2 Å². The number of aromatic nitrogens is 3. The second kappa shape index (κ2) is 5.02. The molecule has 2 aliphatic heterocycles. The molecule has 8 nitrogen and oxygen atoms in total. The Bertz CT molecular complexity index is 789. The second-order valence-electron chi connectivity index (χ2n) is 5.99. The van der Waals surface area contributed by atoms with Crippen LogP contribution in [0.2, 0.25) is 0 Å². The van der Waals surface area contributed by atoms with E-state index < -0.39 is 5.41 Å². The fourth-order valence-electron chi connectivity index (χ4n) is 3.55. The molecule has 0 unspecified atom stereocenters. The fourth-order valence-corrected chi connectivity index (χ4v) is 3.55. The van der Waals surface area contributed by atoms with Crippen LogP contribution in [0.5, 0.6) is 0 Å². The third kappa shape index (κ3) is 1.94. The number of pyridine rings is 1. The highest BCUT2D eigenvalue weighted by atomic mass is 16.5. The van der Waals surface area contributed by atoms with E-state index >= 15 is 0 Å². The van der Waals surface area contributed by atoms with Gasteiger partial charge in [0.25, 0.3) is 5.91 Å². The number of hydrogen-bond donors (Lipinski definition) is 0. The Hall–Kier alpha value is -2.48. The Morgan fingerprint density at radius 3 is 3.13 bits per heavy atom. The van der Waals surface area contributed by atoms with Crippen LogP contribution in [-0.4, -0.2) is 64.8 Å². The van der Waals surface area contributed by atoms with Crippen molar-refractivity contribution in [1.29, 1.82) is 0 Å². The van der Waals surface area contributed by atoms with Crippen LogP contribution in [0.25, 0.3) is 5.65 Å². The number of fused-ring (bicyclic) bond motifs is 2. The first kappa shape index (κ1) is 14.1. The third-order valence-electron chi connectivity index (χ3n) is 4.77. The van der Waals surface area contributed by atoms with Gasteiger partial charge in [-0.25, -0.2) is 9.50 Å². The number of methoxy groups -OCH3 is 1. The number of nitrogens with zero attached hydrogens (tertiary/aromatic N) is 4. The maximum Gasteiger partial charge on any atom is 0.316 e. The van der Waals surface area contributed by atoms with Crippen LogP contribution in [0.15, 0.2) is 24.5 Å². The zero-order valence-electron chi connectivity index (χ0n) is 12.6. The van der Waals surface area contributed by atoms with E-state index in [0.29, 0.717) is 37.6 Å². The number of carbonyl (C=O) groups excluding carboxylic acids is 2. The highest BCUT2D eigenvalue weighted by Crippen LogP contribution is 2.42. The normalized spacial score (nSPS) is 26.5. The topological polar surface area (TPSA) is 86.0 Å². The van der Waals surface area contributed by atoms with Crippen molar-refractivity contribution in [1.82, 2.24) is 19.5 Å². The molecule has 2 aromatic heterocycles. The molecule has 4 rings (SSSR count). The predicted octanol–water partition coefficient (Wildman–Crippen LogP) is -0.00910. The molecule has 0 aliphatic carbocycles. The lowest BCUT2D eigenvalue weighted by Gasteiger charge is -2.23. The molecule has 0 radical (unpaired) electrons. The molecule has 4 heterocycles. The van der Waals surface area contributed by atoms with Crippen molar-refractivity contribution in [2.75, 3.05) is 33.4 Å². The van der Waals surface area contributed by atoms with Gasteiger partial charge in [-0.15, -0.1) is 0 Å². The third-order valence-corrected chi connectivity index (χ3v) is 4.77. The summed E-state index contributed by atoms with van der Waals surface area (Å²) in [6.45, 7) is 1.53. The molecule has 23 heavy (non-hydrogen) atoms. The van der Waals surface area contributed by atoms with Crippen LogP contribution in [0.4, 0.5) is 0 Å². The van der Waals surface area contributed by atoms with Gasteiger partial charge in [-0.1, -0.05) is 6.07 Å². The van der Waals surface area contributed by atoms with Crippen molar-refractivity contribution in [3.63, 3.8) is 0 Å². The van der Waals surface area contributed by atoms with Crippen LogP contribution in [-0.2, 0) is 14.3 Å². The van der Waals surface area contributed by atoms with E-state index in [0.717, 1.165) is 0 Å². The molecule has 2 aliphatic rings. The minimum atomic E-state index is -0.749. The molecule has 2 fully saturated rings. The van der Waals surface area contributed by atoms with Gasteiger partial charge in [-0.3, -0.25) is 9.59 Å². The van der Waals surface area contributed by atoms with Gasteiger partial charge in [0.1, 0.15) is 17.4 Å². The van der Waals surface area contributed by atoms with Crippen LogP contribution >= 0.6 is 0 Å². The van der Waals surface area contributed by atoms with E-state index in [1.54, 1.807) is 23.1 Å². The lowest BCUT2D eigenvalue weighted by molar-refractivity contribution is -0.153. The molecule has 0 saturated carbocycles. The summed E-state index contributed by atoms with van der Waals surface area (Å²) in [5.74, 6) is -0.512. The Kier molecular flexibility index (Phi) is 3.08. The second-order valence-corrected chi connectivity index (χ2v) is 5.99. The van der Waals surface area contributed by atoms with Crippen molar-refractivity contribution in [2.45, 2.75) is 0 Å². The van der Waals surface area contributed by atoms with E-state index in [-0.39, 0.29) is 17.8 Å². The summed E-state index contributed by atoms with van der Waals surface area (Å²) >= 11 is 0. The Labute approximate surface area is 132 Å². The highest BCUT2D eigenvalue weighted by molar-refractivity contribution is 5.94. The zero-order chi connectivity index (χ0) is 16.0. The number of hydrogen-bond acceptors (Lipinski definition) is 6. The number of amides is 1. The van der Waals surface area contributed by atoms with Gasteiger partial charge in [-0.2, -0.15) is 5.10 Å². The number of likely N-dealkylation sites (tertiary alicyclic amines) is 1. The smallest absolute Gasteiger partial charge is 0.316 e. The number of carbonyl (C=O) groups is 2. The van der Waals surface area contributed by atoms with Crippen LogP contribution in [0, 0.1) is 11.3 Å². The first-order chi connectivity index (χ1) is 11.2. The molecule has 8 heteroatoms. The Morgan fingerprint density at radius 1 is 1.43 bits per heavy atom. The van der Waals surface area contributed by atoms with Gasteiger partial charge in [0.15, 0.2) is 5.65 Å². The van der Waals surface area contributed by atoms with Gasteiger partial charge >= 0.3 is 5.97 Å². The van der Waals surface area contributed by atoms with Crippen molar-refractivity contribution in [3.8, 4) is 0 Å². The minimum Gasteiger partial charge on any atom is -0.468 e. The summed E-state index contributed by atoms with van der Waals surface area (Å²) in [6, 6.07) is 5.26. The summed E-state index contributed by atoms with van der Waals surface area (Å²) in [7, 11) is 1.37. The molecule has 0 spiro atoms. The fraction of sp³-hybridized carbons (Fsp3) is 0.467. The predicted molar refractivity (Wildman–Crippen MR) is 77.6 cm³/mol. The molecule has 1 amide bonds. The van der Waals surface area contributed by atoms with Gasteiger partial charge in [0, 0.05) is 19.0 Å². The van der Waals surface area contributed by atoms with E-state index in [1.807, 2.05) is 0 Å². The van der Waals surface area contributed by atoms with Gasteiger partial charge in [0.2, 0.25) is 0 Å². The first-order valence-electron chi connectivity index (χ1n) is 7.40. The molecule has 2 aromatic rings. The van der Waals surface area contributed by atoms with Crippen molar-refractivity contribution >= 4 is 17.5 Å². The average molecular weight is 316 g/mol. The lowest BCUT2D eigenvalue weighted by atomic mass is 9.81. The summed E-state index contributed by atoms with van der Waals surface area (Å²) in [5, 5.41) is 4.09. The van der Waals surface area contributed by atoms with Crippen molar-refractivity contribution < 1.29 is 19.1 Å². The van der Waals surface area contributed by atoms with E-state index in [1.165, 1.54) is 18.0 Å². The molecule has 0 aromatic carbocycles. The Balaban J connectivity index is 1.66. The van der Waals surface area contributed by atoms with Crippen molar-refractivity contribution in [2.24, 2.45) is 11.3 Å². The van der Waals surface area contributed by atoms with E-state index in [2.05, 4.69) is 10.1 Å². The monoisotopic (exact) mass is 316 g/mol. The van der Waals surface area contributed by atoms with Crippen LogP contribution in [0.1, 0.15) is 10.5 Å².